The highest BCUT2D eigenvalue weighted by molar-refractivity contribution is 5.94. The van der Waals surface area contributed by atoms with Gasteiger partial charge in [-0.1, -0.05) is 24.3 Å². The zero-order valence-electron chi connectivity index (χ0n) is 11.8. The van der Waals surface area contributed by atoms with Gasteiger partial charge in [0.1, 0.15) is 19.0 Å². The Hall–Kier alpha value is -1.72. The van der Waals surface area contributed by atoms with Crippen LogP contribution in [0.1, 0.15) is 19.8 Å². The van der Waals surface area contributed by atoms with E-state index in [0.29, 0.717) is 6.42 Å². The summed E-state index contributed by atoms with van der Waals surface area (Å²) in [5, 5.41) is 0. The van der Waals surface area contributed by atoms with Crippen molar-refractivity contribution in [1.82, 2.24) is 0 Å². The third-order valence-electron chi connectivity index (χ3n) is 2.82. The van der Waals surface area contributed by atoms with Gasteiger partial charge in [-0.3, -0.25) is 9.59 Å². The molecule has 110 valence electrons. The Labute approximate surface area is 118 Å². The van der Waals surface area contributed by atoms with E-state index in [1.807, 2.05) is 6.92 Å². The van der Waals surface area contributed by atoms with Crippen molar-refractivity contribution in [3.05, 3.63) is 36.5 Å². The molecule has 0 radical (unpaired) electrons. The molecule has 0 aromatic rings. The zero-order chi connectivity index (χ0) is 15.0. The lowest BCUT2D eigenvalue weighted by atomic mass is 10.0. The van der Waals surface area contributed by atoms with Crippen LogP contribution in [-0.2, 0) is 23.8 Å². The number of ketones is 1. The van der Waals surface area contributed by atoms with E-state index in [1.54, 1.807) is 18.2 Å². The Kier molecular flexibility index (Phi) is 6.90. The molecule has 20 heavy (non-hydrogen) atoms. The Morgan fingerprint density at radius 2 is 2.30 bits per heavy atom. The third-order valence-corrected chi connectivity index (χ3v) is 2.82. The quantitative estimate of drug-likeness (QED) is 0.405. The van der Waals surface area contributed by atoms with Crippen molar-refractivity contribution >= 4 is 11.8 Å². The lowest BCUT2D eigenvalue weighted by molar-refractivity contribution is -0.153. The lowest BCUT2D eigenvalue weighted by Gasteiger charge is -2.23. The smallest absolute Gasteiger partial charge is 0.310 e. The molecule has 0 fully saturated rings. The molecule has 0 saturated heterocycles. The number of carbonyl (C=O) groups excluding carboxylic acids is 2. The van der Waals surface area contributed by atoms with E-state index in [4.69, 9.17) is 14.2 Å². The minimum absolute atomic E-state index is 0.0339. The van der Waals surface area contributed by atoms with E-state index in [1.165, 1.54) is 13.2 Å². The fourth-order valence-corrected chi connectivity index (χ4v) is 1.65. The molecule has 0 amide bonds. The van der Waals surface area contributed by atoms with Gasteiger partial charge >= 0.3 is 5.97 Å². The van der Waals surface area contributed by atoms with E-state index in [0.717, 1.165) is 5.57 Å². The van der Waals surface area contributed by atoms with Crippen LogP contribution in [0.5, 0.6) is 0 Å². The topological polar surface area (TPSA) is 61.8 Å². The van der Waals surface area contributed by atoms with Gasteiger partial charge in [0.25, 0.3) is 0 Å². The predicted molar refractivity (Wildman–Crippen MR) is 74.0 cm³/mol. The molecule has 0 bridgehead atoms. The molecule has 1 rings (SSSR count). The number of esters is 1. The molecular weight excluding hydrogens is 260 g/mol. The van der Waals surface area contributed by atoms with Gasteiger partial charge in [-0.15, -0.1) is 0 Å². The Morgan fingerprint density at radius 1 is 1.55 bits per heavy atom. The first-order chi connectivity index (χ1) is 9.56. The summed E-state index contributed by atoms with van der Waals surface area (Å²) in [5.74, 6) is -0.488. The maximum Gasteiger partial charge on any atom is 0.310 e. The molecule has 2 atom stereocenters. The van der Waals surface area contributed by atoms with Gasteiger partial charge < -0.3 is 14.2 Å². The molecule has 5 heteroatoms. The summed E-state index contributed by atoms with van der Waals surface area (Å²) in [5.41, 5.74) is 0.914. The molecule has 0 saturated carbocycles. The molecule has 1 aliphatic carbocycles. The summed E-state index contributed by atoms with van der Waals surface area (Å²) in [6.07, 6.45) is 5.80. The normalized spacial score (nSPS) is 22.7. The van der Waals surface area contributed by atoms with Crippen LogP contribution in [0.2, 0.25) is 0 Å². The van der Waals surface area contributed by atoms with E-state index >= 15 is 0 Å². The first-order valence-corrected chi connectivity index (χ1v) is 6.38. The molecule has 0 spiro atoms. The van der Waals surface area contributed by atoms with Crippen molar-refractivity contribution in [2.45, 2.75) is 32.0 Å². The van der Waals surface area contributed by atoms with Gasteiger partial charge in [0.15, 0.2) is 5.78 Å². The second-order valence-electron chi connectivity index (χ2n) is 4.44. The Morgan fingerprint density at radius 3 is 2.95 bits per heavy atom. The highest BCUT2D eigenvalue weighted by Crippen LogP contribution is 2.16. The summed E-state index contributed by atoms with van der Waals surface area (Å²) in [7, 11) is 1.48. The molecule has 0 unspecified atom stereocenters. The van der Waals surface area contributed by atoms with Crippen LogP contribution in [0.15, 0.2) is 36.5 Å². The second kappa shape index (κ2) is 8.45. The maximum absolute atomic E-state index is 11.6. The highest BCUT2D eigenvalue weighted by atomic mass is 16.7. The van der Waals surface area contributed by atoms with E-state index < -0.39 is 12.2 Å². The molecule has 0 aliphatic heterocycles. The standard InChI is InChI=1S/C15H20O5/c1-4-11(2)5-8-15(17)20-12-6-7-13(16)14(9-12)19-10-18-3/h4-7,12,14H,1,8-10H2,2-3H3/b11-5+/t12-,14+/m1/s1. The van der Waals surface area contributed by atoms with Crippen molar-refractivity contribution in [3.63, 3.8) is 0 Å². The highest BCUT2D eigenvalue weighted by Gasteiger charge is 2.27. The number of hydrogen-bond donors (Lipinski definition) is 0. The molecular formula is C15H20O5. The Bertz CT molecular complexity index is 422. The number of rotatable bonds is 7. The van der Waals surface area contributed by atoms with Crippen LogP contribution in [0.25, 0.3) is 0 Å². The van der Waals surface area contributed by atoms with E-state index in [9.17, 15) is 9.59 Å². The summed E-state index contributed by atoms with van der Waals surface area (Å²) in [6, 6.07) is 0. The molecule has 0 heterocycles. The molecule has 5 nitrogen and oxygen atoms in total. The van der Waals surface area contributed by atoms with Crippen molar-refractivity contribution in [1.29, 1.82) is 0 Å². The lowest BCUT2D eigenvalue weighted by Crippen LogP contribution is -2.33. The predicted octanol–water partition coefficient (Wildman–Crippen LogP) is 1.94. The molecule has 0 aromatic carbocycles. The molecule has 0 aromatic heterocycles. The van der Waals surface area contributed by atoms with Crippen molar-refractivity contribution in [2.24, 2.45) is 0 Å². The number of methoxy groups -OCH3 is 1. The third kappa shape index (κ3) is 5.50. The van der Waals surface area contributed by atoms with Gasteiger partial charge in [0, 0.05) is 13.5 Å². The minimum Gasteiger partial charge on any atom is -0.458 e. The average molecular weight is 280 g/mol. The minimum atomic E-state index is -0.622. The monoisotopic (exact) mass is 280 g/mol. The molecule has 1 aliphatic rings. The summed E-state index contributed by atoms with van der Waals surface area (Å²) in [4.78, 5) is 23.2. The first-order valence-electron chi connectivity index (χ1n) is 6.38. The van der Waals surface area contributed by atoms with Crippen LogP contribution in [0.3, 0.4) is 0 Å². The first kappa shape index (κ1) is 16.3. The van der Waals surface area contributed by atoms with Crippen LogP contribution in [0.4, 0.5) is 0 Å². The van der Waals surface area contributed by atoms with Crippen LogP contribution in [-0.4, -0.2) is 37.9 Å². The van der Waals surface area contributed by atoms with Gasteiger partial charge in [0.2, 0.25) is 0 Å². The summed E-state index contributed by atoms with van der Waals surface area (Å²) in [6.45, 7) is 5.49. The van der Waals surface area contributed by atoms with Gasteiger partial charge in [-0.05, 0) is 19.1 Å². The number of carbonyl (C=O) groups is 2. The van der Waals surface area contributed by atoms with Crippen LogP contribution < -0.4 is 0 Å². The van der Waals surface area contributed by atoms with Crippen molar-refractivity contribution < 1.29 is 23.8 Å². The van der Waals surface area contributed by atoms with Crippen LogP contribution >= 0.6 is 0 Å². The zero-order valence-corrected chi connectivity index (χ0v) is 11.8. The fraction of sp³-hybridized carbons (Fsp3) is 0.467. The van der Waals surface area contributed by atoms with E-state index in [2.05, 4.69) is 6.58 Å². The number of ether oxygens (including phenoxy) is 3. The van der Waals surface area contributed by atoms with E-state index in [-0.39, 0.29) is 25.0 Å². The second-order valence-corrected chi connectivity index (χ2v) is 4.44. The molecule has 0 N–H and O–H groups in total. The van der Waals surface area contributed by atoms with Crippen molar-refractivity contribution in [2.75, 3.05) is 13.9 Å². The largest absolute Gasteiger partial charge is 0.458 e. The van der Waals surface area contributed by atoms with Gasteiger partial charge in [-0.2, -0.15) is 0 Å². The van der Waals surface area contributed by atoms with Crippen LogP contribution in [0, 0.1) is 0 Å². The average Bonchev–Trinajstić information content (AvgIpc) is 2.45. The van der Waals surface area contributed by atoms with Gasteiger partial charge in [0.05, 0.1) is 6.42 Å². The summed E-state index contributed by atoms with van der Waals surface area (Å²) < 4.78 is 15.3. The number of allylic oxidation sites excluding steroid dienone is 2. The fourth-order valence-electron chi connectivity index (χ4n) is 1.65. The maximum atomic E-state index is 11.6. The van der Waals surface area contributed by atoms with Gasteiger partial charge in [-0.25, -0.2) is 0 Å². The van der Waals surface area contributed by atoms with Crippen molar-refractivity contribution in [3.8, 4) is 0 Å². The SMILES string of the molecule is C=C/C(C)=C/CC(=O)O[C@@H]1C=CC(=O)[C@@H](OCOC)C1. The summed E-state index contributed by atoms with van der Waals surface area (Å²) >= 11 is 0. The number of hydrogen-bond acceptors (Lipinski definition) is 5. The Balaban J connectivity index is 2.48.